The van der Waals surface area contributed by atoms with E-state index < -0.39 is 11.4 Å². The minimum Gasteiger partial charge on any atom is -0.483 e. The van der Waals surface area contributed by atoms with E-state index in [9.17, 15) is 14.7 Å². The van der Waals surface area contributed by atoms with Crippen LogP contribution in [0, 0.1) is 5.41 Å². The summed E-state index contributed by atoms with van der Waals surface area (Å²) in [4.78, 5) is 23.7. The van der Waals surface area contributed by atoms with E-state index >= 15 is 0 Å². The Bertz CT molecular complexity index is 762. The molecule has 0 aromatic heterocycles. The van der Waals surface area contributed by atoms with E-state index in [2.05, 4.69) is 5.32 Å². The third kappa shape index (κ3) is 3.91. The number of carboxylic acid groups (broad SMARTS) is 1. The highest BCUT2D eigenvalue weighted by Crippen LogP contribution is 2.30. The fourth-order valence-electron chi connectivity index (χ4n) is 3.01. The van der Waals surface area contributed by atoms with E-state index in [1.807, 2.05) is 42.5 Å². The Hall–Kier alpha value is -2.60. The molecule has 0 spiro atoms. The molecule has 1 saturated heterocycles. The van der Waals surface area contributed by atoms with Gasteiger partial charge in [0.1, 0.15) is 5.75 Å². The number of ether oxygens (including phenoxy) is 2. The van der Waals surface area contributed by atoms with E-state index in [0.717, 1.165) is 10.8 Å². The van der Waals surface area contributed by atoms with Crippen molar-refractivity contribution in [2.45, 2.75) is 12.8 Å². The lowest BCUT2D eigenvalue weighted by atomic mass is 9.80. The van der Waals surface area contributed by atoms with Gasteiger partial charge in [0.25, 0.3) is 5.91 Å². The third-order valence-electron chi connectivity index (χ3n) is 4.64. The Morgan fingerprint density at radius 1 is 1.12 bits per heavy atom. The maximum absolute atomic E-state index is 12.1. The molecule has 0 atom stereocenters. The molecule has 1 heterocycles. The predicted octanol–water partition coefficient (Wildman–Crippen LogP) is 2.22. The van der Waals surface area contributed by atoms with Gasteiger partial charge in [0.2, 0.25) is 0 Å². The third-order valence-corrected chi connectivity index (χ3v) is 4.64. The summed E-state index contributed by atoms with van der Waals surface area (Å²) in [6.45, 7) is 0.729. The van der Waals surface area contributed by atoms with Crippen LogP contribution in [0.5, 0.6) is 5.75 Å². The highest BCUT2D eigenvalue weighted by Gasteiger charge is 2.40. The lowest BCUT2D eigenvalue weighted by Crippen LogP contribution is -2.47. The minimum atomic E-state index is -0.951. The fourth-order valence-corrected chi connectivity index (χ4v) is 3.01. The number of amides is 1. The molecule has 6 heteroatoms. The van der Waals surface area contributed by atoms with Gasteiger partial charge in [0.05, 0.1) is 5.41 Å². The molecule has 2 aromatic rings. The Morgan fingerprint density at radius 3 is 2.60 bits per heavy atom. The topological polar surface area (TPSA) is 84.9 Å². The van der Waals surface area contributed by atoms with Crippen LogP contribution in [0.4, 0.5) is 0 Å². The number of carboxylic acids is 1. The van der Waals surface area contributed by atoms with Crippen LogP contribution in [0.3, 0.4) is 0 Å². The second-order valence-corrected chi connectivity index (χ2v) is 6.24. The van der Waals surface area contributed by atoms with Gasteiger partial charge in [-0.3, -0.25) is 9.59 Å². The number of hydrogen-bond acceptors (Lipinski definition) is 4. The number of aliphatic carboxylic acids is 1. The van der Waals surface area contributed by atoms with E-state index in [-0.39, 0.29) is 19.1 Å². The Kier molecular flexibility index (Phi) is 5.19. The van der Waals surface area contributed by atoms with E-state index in [1.165, 1.54) is 0 Å². The molecule has 0 radical (unpaired) electrons. The Balaban J connectivity index is 1.58. The number of rotatable bonds is 6. The summed E-state index contributed by atoms with van der Waals surface area (Å²) in [5, 5.41) is 14.2. The SMILES string of the molecule is O=C(COc1cccc2ccccc12)NCC1(C(=O)O)CCOCC1. The average Bonchev–Trinajstić information content (AvgIpc) is 2.65. The molecule has 1 aliphatic heterocycles. The van der Waals surface area contributed by atoms with Crippen molar-refractivity contribution in [3.8, 4) is 5.75 Å². The second kappa shape index (κ2) is 7.53. The Labute approximate surface area is 145 Å². The van der Waals surface area contributed by atoms with Crippen molar-refractivity contribution in [1.82, 2.24) is 5.32 Å². The van der Waals surface area contributed by atoms with Crippen molar-refractivity contribution in [3.05, 3.63) is 42.5 Å². The summed E-state index contributed by atoms with van der Waals surface area (Å²) in [5.74, 6) is -0.599. The van der Waals surface area contributed by atoms with Crippen molar-refractivity contribution in [3.63, 3.8) is 0 Å². The molecule has 0 saturated carbocycles. The zero-order valence-electron chi connectivity index (χ0n) is 13.9. The lowest BCUT2D eigenvalue weighted by molar-refractivity contribution is -0.154. The van der Waals surface area contributed by atoms with Gasteiger partial charge in [-0.15, -0.1) is 0 Å². The summed E-state index contributed by atoms with van der Waals surface area (Å²) in [7, 11) is 0. The normalized spacial score (nSPS) is 16.3. The molecule has 6 nitrogen and oxygen atoms in total. The summed E-state index contributed by atoms with van der Waals surface area (Å²) < 4.78 is 10.9. The maximum Gasteiger partial charge on any atom is 0.311 e. The number of benzene rings is 2. The molecule has 0 bridgehead atoms. The molecule has 2 aromatic carbocycles. The molecule has 0 unspecified atom stereocenters. The number of fused-ring (bicyclic) bond motifs is 1. The summed E-state index contributed by atoms with van der Waals surface area (Å²) >= 11 is 0. The van der Waals surface area contributed by atoms with Gasteiger partial charge < -0.3 is 19.9 Å². The predicted molar refractivity (Wildman–Crippen MR) is 92.6 cm³/mol. The smallest absolute Gasteiger partial charge is 0.311 e. The number of carbonyl (C=O) groups is 2. The first kappa shape index (κ1) is 17.2. The first-order chi connectivity index (χ1) is 12.1. The summed E-state index contributed by atoms with van der Waals surface area (Å²) in [6.07, 6.45) is 0.791. The van der Waals surface area contributed by atoms with E-state index in [0.29, 0.717) is 31.8 Å². The number of hydrogen-bond donors (Lipinski definition) is 2. The summed E-state index contributed by atoms with van der Waals surface area (Å²) in [5.41, 5.74) is -0.951. The van der Waals surface area contributed by atoms with Crippen LogP contribution in [0.25, 0.3) is 10.8 Å². The second-order valence-electron chi connectivity index (χ2n) is 6.24. The lowest BCUT2D eigenvalue weighted by Gasteiger charge is -2.33. The highest BCUT2D eigenvalue weighted by atomic mass is 16.5. The van der Waals surface area contributed by atoms with Crippen LogP contribution in [0.2, 0.25) is 0 Å². The van der Waals surface area contributed by atoms with Gasteiger partial charge >= 0.3 is 5.97 Å². The number of nitrogens with one attached hydrogen (secondary N) is 1. The van der Waals surface area contributed by atoms with Crippen molar-refractivity contribution in [1.29, 1.82) is 0 Å². The average molecular weight is 343 g/mol. The molecule has 1 fully saturated rings. The van der Waals surface area contributed by atoms with E-state index in [4.69, 9.17) is 9.47 Å². The number of carbonyl (C=O) groups excluding carboxylic acids is 1. The van der Waals surface area contributed by atoms with Gasteiger partial charge in [0, 0.05) is 25.1 Å². The Morgan fingerprint density at radius 2 is 1.84 bits per heavy atom. The molecule has 1 amide bonds. The molecule has 3 rings (SSSR count). The largest absolute Gasteiger partial charge is 0.483 e. The summed E-state index contributed by atoms with van der Waals surface area (Å²) in [6, 6.07) is 13.4. The first-order valence-corrected chi connectivity index (χ1v) is 8.29. The van der Waals surface area contributed by atoms with E-state index in [1.54, 1.807) is 0 Å². The standard InChI is InChI=1S/C19H21NO5/c21-17(20-13-19(18(22)23)8-10-24-11-9-19)12-25-16-7-3-5-14-4-1-2-6-15(14)16/h1-7H,8-13H2,(H,20,21)(H,22,23). The van der Waals surface area contributed by atoms with Crippen molar-refractivity contribution in [2.75, 3.05) is 26.4 Å². The zero-order chi connectivity index (χ0) is 17.7. The van der Waals surface area contributed by atoms with Crippen molar-refractivity contribution >= 4 is 22.6 Å². The molecule has 1 aliphatic rings. The zero-order valence-corrected chi connectivity index (χ0v) is 13.9. The van der Waals surface area contributed by atoms with Gasteiger partial charge in [-0.1, -0.05) is 36.4 Å². The van der Waals surface area contributed by atoms with Gasteiger partial charge in [-0.25, -0.2) is 0 Å². The van der Waals surface area contributed by atoms with Gasteiger partial charge in [-0.2, -0.15) is 0 Å². The highest BCUT2D eigenvalue weighted by molar-refractivity contribution is 5.88. The minimum absolute atomic E-state index is 0.0867. The molecular formula is C19H21NO5. The van der Waals surface area contributed by atoms with Gasteiger partial charge in [-0.05, 0) is 24.3 Å². The van der Waals surface area contributed by atoms with Crippen LogP contribution in [-0.4, -0.2) is 43.3 Å². The molecule has 0 aliphatic carbocycles. The fraction of sp³-hybridized carbons (Fsp3) is 0.368. The monoisotopic (exact) mass is 343 g/mol. The van der Waals surface area contributed by atoms with Crippen molar-refractivity contribution < 1.29 is 24.2 Å². The molecule has 25 heavy (non-hydrogen) atoms. The van der Waals surface area contributed by atoms with Crippen molar-refractivity contribution in [2.24, 2.45) is 5.41 Å². The quantitative estimate of drug-likeness (QED) is 0.840. The molecular weight excluding hydrogens is 322 g/mol. The van der Waals surface area contributed by atoms with Crippen LogP contribution < -0.4 is 10.1 Å². The van der Waals surface area contributed by atoms with Crippen LogP contribution in [-0.2, 0) is 14.3 Å². The molecule has 2 N–H and O–H groups in total. The van der Waals surface area contributed by atoms with Crippen LogP contribution >= 0.6 is 0 Å². The molecule has 132 valence electrons. The van der Waals surface area contributed by atoms with Crippen LogP contribution in [0.15, 0.2) is 42.5 Å². The van der Waals surface area contributed by atoms with Crippen LogP contribution in [0.1, 0.15) is 12.8 Å². The first-order valence-electron chi connectivity index (χ1n) is 8.29. The van der Waals surface area contributed by atoms with Gasteiger partial charge in [0.15, 0.2) is 6.61 Å². The maximum atomic E-state index is 12.1.